The van der Waals surface area contributed by atoms with Crippen molar-refractivity contribution in [2.24, 2.45) is 11.8 Å². The van der Waals surface area contributed by atoms with Crippen LogP contribution in [0, 0.1) is 11.8 Å². The van der Waals surface area contributed by atoms with Crippen LogP contribution in [0.1, 0.15) is 41.0 Å². The van der Waals surface area contributed by atoms with Gasteiger partial charge in [-0.15, -0.1) is 0 Å². The van der Waals surface area contributed by atoms with E-state index in [1.54, 1.807) is 0 Å². The molecule has 0 heterocycles. The summed E-state index contributed by atoms with van der Waals surface area (Å²) >= 11 is 0. The van der Waals surface area contributed by atoms with E-state index in [4.69, 9.17) is 10.2 Å². The minimum absolute atomic E-state index is 0.125. The topological polar surface area (TPSA) is 40.5 Å². The molecule has 0 bridgehead atoms. The highest BCUT2D eigenvalue weighted by Gasteiger charge is 1.97. The van der Waals surface area contributed by atoms with Gasteiger partial charge in [-0.1, -0.05) is 27.7 Å². The maximum Gasteiger partial charge on any atom is 0.0514 e. The van der Waals surface area contributed by atoms with Gasteiger partial charge < -0.3 is 10.2 Å². The highest BCUT2D eigenvalue weighted by molar-refractivity contribution is 4.49. The van der Waals surface area contributed by atoms with Gasteiger partial charge >= 0.3 is 0 Å². The summed E-state index contributed by atoms with van der Waals surface area (Å²) in [5, 5.41) is 16.9. The summed E-state index contributed by atoms with van der Waals surface area (Å²) in [5.41, 5.74) is 0. The minimum Gasteiger partial charge on any atom is -0.396 e. The third-order valence-electron chi connectivity index (χ3n) is 1.18. The molecule has 2 N–H and O–H groups in total. The normalized spacial score (nSPS) is 12.8. The zero-order valence-electron chi connectivity index (χ0n) is 9.04. The molecule has 0 rings (SSSR count). The quantitative estimate of drug-likeness (QED) is 0.691. The lowest BCUT2D eigenvalue weighted by Gasteiger charge is -2.04. The molecule has 0 aromatic heterocycles. The van der Waals surface area contributed by atoms with Gasteiger partial charge in [0.25, 0.3) is 0 Å². The lowest BCUT2D eigenvalue weighted by atomic mass is 10.1. The Hall–Kier alpha value is -0.0800. The molecular weight excluding hydrogens is 152 g/mol. The van der Waals surface area contributed by atoms with E-state index in [2.05, 4.69) is 13.8 Å². The summed E-state index contributed by atoms with van der Waals surface area (Å²) in [5.74, 6) is 1.06. The number of aliphatic hydroxyl groups is 2. The Bertz CT molecular complexity index is 71.9. The van der Waals surface area contributed by atoms with Crippen molar-refractivity contribution in [2.75, 3.05) is 6.61 Å². The largest absolute Gasteiger partial charge is 0.396 e. The second-order valence-electron chi connectivity index (χ2n) is 4.05. The van der Waals surface area contributed by atoms with Gasteiger partial charge in [-0.3, -0.25) is 0 Å². The first-order chi connectivity index (χ1) is 5.40. The molecule has 12 heavy (non-hydrogen) atoms. The van der Waals surface area contributed by atoms with E-state index in [1.807, 2.05) is 20.8 Å². The van der Waals surface area contributed by atoms with Gasteiger partial charge in [0.1, 0.15) is 0 Å². The summed E-state index contributed by atoms with van der Waals surface area (Å²) in [4.78, 5) is 0. The molecule has 1 unspecified atom stereocenters. The SMILES string of the molecule is CC(C)CC(C)O.CC(C)CO. The van der Waals surface area contributed by atoms with E-state index in [9.17, 15) is 0 Å². The zero-order valence-corrected chi connectivity index (χ0v) is 9.04. The third-order valence-corrected chi connectivity index (χ3v) is 1.18. The van der Waals surface area contributed by atoms with Crippen molar-refractivity contribution in [3.63, 3.8) is 0 Å². The van der Waals surface area contributed by atoms with Crippen LogP contribution in [0.4, 0.5) is 0 Å². The molecule has 0 aromatic carbocycles. The van der Waals surface area contributed by atoms with Crippen LogP contribution >= 0.6 is 0 Å². The predicted molar refractivity (Wildman–Crippen MR) is 53.1 cm³/mol. The van der Waals surface area contributed by atoms with Crippen LogP contribution in [0.2, 0.25) is 0 Å². The van der Waals surface area contributed by atoms with Gasteiger partial charge in [-0.05, 0) is 25.2 Å². The van der Waals surface area contributed by atoms with Crippen molar-refractivity contribution in [1.82, 2.24) is 0 Å². The van der Waals surface area contributed by atoms with Crippen LogP contribution in [0.15, 0.2) is 0 Å². The van der Waals surface area contributed by atoms with Crippen LogP contribution in [0.25, 0.3) is 0 Å². The predicted octanol–water partition coefficient (Wildman–Crippen LogP) is 2.05. The molecule has 0 aliphatic heterocycles. The van der Waals surface area contributed by atoms with Gasteiger partial charge in [0.15, 0.2) is 0 Å². The van der Waals surface area contributed by atoms with Crippen LogP contribution in [0.5, 0.6) is 0 Å². The van der Waals surface area contributed by atoms with Gasteiger partial charge in [-0.2, -0.15) is 0 Å². The van der Waals surface area contributed by atoms with E-state index in [1.165, 1.54) is 0 Å². The third kappa shape index (κ3) is 22.5. The molecule has 0 spiro atoms. The minimum atomic E-state index is -0.125. The summed E-state index contributed by atoms with van der Waals surface area (Å²) in [6.07, 6.45) is 0.792. The van der Waals surface area contributed by atoms with Crippen molar-refractivity contribution in [1.29, 1.82) is 0 Å². The van der Waals surface area contributed by atoms with Crippen molar-refractivity contribution in [3.8, 4) is 0 Å². The molecule has 0 radical (unpaired) electrons. The smallest absolute Gasteiger partial charge is 0.0514 e. The average Bonchev–Trinajstić information content (AvgIpc) is 1.85. The Kier molecular flexibility index (Phi) is 10.8. The lowest BCUT2D eigenvalue weighted by molar-refractivity contribution is 0.168. The van der Waals surface area contributed by atoms with Gasteiger partial charge in [0.05, 0.1) is 6.10 Å². The molecule has 0 saturated heterocycles. The molecule has 0 amide bonds. The second kappa shape index (κ2) is 9.01. The first-order valence-corrected chi connectivity index (χ1v) is 4.69. The summed E-state index contributed by atoms with van der Waals surface area (Å²) in [6, 6.07) is 0. The van der Waals surface area contributed by atoms with E-state index in [0.717, 1.165) is 6.42 Å². The molecule has 0 fully saturated rings. The highest BCUT2D eigenvalue weighted by Crippen LogP contribution is 2.01. The maximum atomic E-state index is 8.72. The zero-order chi connectivity index (χ0) is 10.1. The van der Waals surface area contributed by atoms with Crippen molar-refractivity contribution in [2.45, 2.75) is 47.1 Å². The van der Waals surface area contributed by atoms with E-state index in [0.29, 0.717) is 18.4 Å². The number of rotatable bonds is 3. The Morgan fingerprint density at radius 3 is 1.25 bits per heavy atom. The van der Waals surface area contributed by atoms with Gasteiger partial charge in [0, 0.05) is 6.61 Å². The standard InChI is InChI=1S/C6H14O.C4H10O/c1-5(2)4-6(3)7;1-4(2)3-5/h5-7H,4H2,1-3H3;4-5H,3H2,1-2H3. The fourth-order valence-electron chi connectivity index (χ4n) is 0.682. The highest BCUT2D eigenvalue weighted by atomic mass is 16.3. The summed E-state index contributed by atoms with van der Waals surface area (Å²) in [7, 11) is 0. The number of hydrogen-bond acceptors (Lipinski definition) is 2. The molecule has 2 nitrogen and oxygen atoms in total. The summed E-state index contributed by atoms with van der Waals surface area (Å²) in [6.45, 7) is 10.3. The fraction of sp³-hybridized carbons (Fsp3) is 1.00. The monoisotopic (exact) mass is 176 g/mol. The molecular formula is C10H24O2. The molecule has 0 aromatic rings. The van der Waals surface area contributed by atoms with E-state index in [-0.39, 0.29) is 6.10 Å². The Morgan fingerprint density at radius 2 is 1.25 bits per heavy atom. The molecule has 76 valence electrons. The van der Waals surface area contributed by atoms with Crippen LogP contribution in [-0.2, 0) is 0 Å². The first kappa shape index (κ1) is 14.4. The Balaban J connectivity index is 0. The first-order valence-electron chi connectivity index (χ1n) is 4.69. The molecule has 2 heteroatoms. The molecule has 0 aliphatic carbocycles. The Morgan fingerprint density at radius 1 is 0.917 bits per heavy atom. The number of hydrogen-bond donors (Lipinski definition) is 2. The molecule has 1 atom stereocenters. The lowest BCUT2D eigenvalue weighted by Crippen LogP contribution is -2.03. The molecule has 0 aliphatic rings. The van der Waals surface area contributed by atoms with Crippen LogP contribution in [-0.4, -0.2) is 22.9 Å². The fourth-order valence-corrected chi connectivity index (χ4v) is 0.682. The molecule has 0 saturated carbocycles. The van der Waals surface area contributed by atoms with Gasteiger partial charge in [0.2, 0.25) is 0 Å². The summed E-state index contributed by atoms with van der Waals surface area (Å²) < 4.78 is 0. The number of aliphatic hydroxyl groups excluding tert-OH is 2. The second-order valence-corrected chi connectivity index (χ2v) is 4.05. The van der Waals surface area contributed by atoms with E-state index >= 15 is 0 Å². The van der Waals surface area contributed by atoms with E-state index < -0.39 is 0 Å². The van der Waals surface area contributed by atoms with Crippen molar-refractivity contribution in [3.05, 3.63) is 0 Å². The van der Waals surface area contributed by atoms with Crippen molar-refractivity contribution < 1.29 is 10.2 Å². The van der Waals surface area contributed by atoms with Gasteiger partial charge in [-0.25, -0.2) is 0 Å². The van der Waals surface area contributed by atoms with Crippen LogP contribution < -0.4 is 0 Å². The maximum absolute atomic E-state index is 8.72. The van der Waals surface area contributed by atoms with Crippen LogP contribution in [0.3, 0.4) is 0 Å². The Labute approximate surface area is 76.6 Å². The van der Waals surface area contributed by atoms with Crippen molar-refractivity contribution >= 4 is 0 Å². The average molecular weight is 176 g/mol.